The fourth-order valence-corrected chi connectivity index (χ4v) is 2.39. The molecular formula is C12H24O2. The van der Waals surface area contributed by atoms with Crippen LogP contribution in [0.3, 0.4) is 0 Å². The molecule has 0 aromatic heterocycles. The van der Waals surface area contributed by atoms with E-state index >= 15 is 0 Å². The number of aliphatic hydroxyl groups excluding tert-OH is 1. The zero-order chi connectivity index (χ0) is 10.2. The Hall–Kier alpha value is -0.0800. The lowest BCUT2D eigenvalue weighted by atomic mass is 9.89. The van der Waals surface area contributed by atoms with Crippen molar-refractivity contribution in [3.63, 3.8) is 0 Å². The number of rotatable bonds is 7. The van der Waals surface area contributed by atoms with Gasteiger partial charge >= 0.3 is 0 Å². The smallest absolute Gasteiger partial charge is 0.0469 e. The normalized spacial score (nSPS) is 20.1. The van der Waals surface area contributed by atoms with Crippen molar-refractivity contribution in [2.24, 2.45) is 11.8 Å². The topological polar surface area (TPSA) is 29.5 Å². The van der Waals surface area contributed by atoms with Crippen LogP contribution in [-0.2, 0) is 4.74 Å². The largest absolute Gasteiger partial charge is 0.396 e. The quantitative estimate of drug-likeness (QED) is 0.640. The van der Waals surface area contributed by atoms with Gasteiger partial charge in [-0.1, -0.05) is 32.6 Å². The number of ether oxygens (including phenoxy) is 1. The monoisotopic (exact) mass is 200 g/mol. The zero-order valence-electron chi connectivity index (χ0n) is 9.37. The maximum absolute atomic E-state index is 9.29. The van der Waals surface area contributed by atoms with Gasteiger partial charge in [-0.05, 0) is 24.7 Å². The second kappa shape index (κ2) is 7.24. The van der Waals surface area contributed by atoms with Crippen molar-refractivity contribution in [1.29, 1.82) is 0 Å². The molecule has 1 aliphatic rings. The molecule has 0 saturated heterocycles. The van der Waals surface area contributed by atoms with Gasteiger partial charge in [0.1, 0.15) is 0 Å². The minimum Gasteiger partial charge on any atom is -0.396 e. The Balaban J connectivity index is 2.11. The Morgan fingerprint density at radius 3 is 2.57 bits per heavy atom. The van der Waals surface area contributed by atoms with Crippen LogP contribution in [0.4, 0.5) is 0 Å². The lowest BCUT2D eigenvalue weighted by Gasteiger charge is -2.20. The molecule has 1 N–H and O–H groups in total. The van der Waals surface area contributed by atoms with Gasteiger partial charge in [-0.15, -0.1) is 0 Å². The maximum Gasteiger partial charge on any atom is 0.0469 e. The van der Waals surface area contributed by atoms with E-state index in [-0.39, 0.29) is 0 Å². The third kappa shape index (κ3) is 3.97. The van der Waals surface area contributed by atoms with Gasteiger partial charge < -0.3 is 9.84 Å². The van der Waals surface area contributed by atoms with E-state index in [1.54, 1.807) is 0 Å². The van der Waals surface area contributed by atoms with Crippen molar-refractivity contribution in [3.8, 4) is 0 Å². The Labute approximate surface area is 87.7 Å². The summed E-state index contributed by atoms with van der Waals surface area (Å²) in [7, 11) is 0. The molecule has 0 radical (unpaired) electrons. The predicted molar refractivity (Wildman–Crippen MR) is 58.3 cm³/mol. The van der Waals surface area contributed by atoms with Crippen molar-refractivity contribution >= 4 is 0 Å². The van der Waals surface area contributed by atoms with Crippen molar-refractivity contribution < 1.29 is 9.84 Å². The summed E-state index contributed by atoms with van der Waals surface area (Å²) < 4.78 is 5.46. The van der Waals surface area contributed by atoms with Crippen LogP contribution in [0.15, 0.2) is 0 Å². The molecule has 1 unspecified atom stereocenters. The van der Waals surface area contributed by atoms with Crippen LogP contribution in [0, 0.1) is 11.8 Å². The molecule has 2 heteroatoms. The van der Waals surface area contributed by atoms with E-state index < -0.39 is 0 Å². The maximum atomic E-state index is 9.29. The van der Waals surface area contributed by atoms with Gasteiger partial charge in [-0.2, -0.15) is 0 Å². The van der Waals surface area contributed by atoms with Crippen LogP contribution < -0.4 is 0 Å². The molecule has 0 spiro atoms. The first-order valence-corrected chi connectivity index (χ1v) is 6.07. The molecule has 14 heavy (non-hydrogen) atoms. The van der Waals surface area contributed by atoms with Gasteiger partial charge in [0.05, 0.1) is 0 Å². The van der Waals surface area contributed by atoms with E-state index in [1.165, 1.54) is 25.7 Å². The highest BCUT2D eigenvalue weighted by Crippen LogP contribution is 2.32. The van der Waals surface area contributed by atoms with Gasteiger partial charge in [-0.25, -0.2) is 0 Å². The van der Waals surface area contributed by atoms with Crippen molar-refractivity contribution in [3.05, 3.63) is 0 Å². The van der Waals surface area contributed by atoms with Crippen molar-refractivity contribution in [2.45, 2.75) is 45.4 Å². The van der Waals surface area contributed by atoms with E-state index in [0.29, 0.717) is 12.5 Å². The summed E-state index contributed by atoms with van der Waals surface area (Å²) >= 11 is 0. The molecule has 0 amide bonds. The highest BCUT2D eigenvalue weighted by Gasteiger charge is 2.23. The van der Waals surface area contributed by atoms with Crippen LogP contribution in [0.25, 0.3) is 0 Å². The summed E-state index contributed by atoms with van der Waals surface area (Å²) in [6.07, 6.45) is 7.49. The van der Waals surface area contributed by atoms with Crippen LogP contribution in [-0.4, -0.2) is 24.9 Å². The van der Waals surface area contributed by atoms with Gasteiger partial charge in [0.15, 0.2) is 0 Å². The summed E-state index contributed by atoms with van der Waals surface area (Å²) in [5.41, 5.74) is 0. The number of hydrogen-bond acceptors (Lipinski definition) is 2. The highest BCUT2D eigenvalue weighted by molar-refractivity contribution is 4.74. The van der Waals surface area contributed by atoms with E-state index in [1.807, 2.05) is 0 Å². The highest BCUT2D eigenvalue weighted by atomic mass is 16.5. The molecular weight excluding hydrogens is 176 g/mol. The van der Waals surface area contributed by atoms with Crippen LogP contribution in [0.5, 0.6) is 0 Å². The fourth-order valence-electron chi connectivity index (χ4n) is 2.39. The van der Waals surface area contributed by atoms with Gasteiger partial charge in [0.25, 0.3) is 0 Å². The molecule has 0 aromatic carbocycles. The van der Waals surface area contributed by atoms with E-state index in [4.69, 9.17) is 4.74 Å². The van der Waals surface area contributed by atoms with Crippen LogP contribution >= 0.6 is 0 Å². The average molecular weight is 200 g/mol. The third-order valence-corrected chi connectivity index (χ3v) is 3.28. The average Bonchev–Trinajstić information content (AvgIpc) is 2.71. The Morgan fingerprint density at radius 1 is 1.29 bits per heavy atom. The number of hydrogen-bond donors (Lipinski definition) is 1. The predicted octanol–water partition coefficient (Wildman–Crippen LogP) is 2.60. The SMILES string of the molecule is CCCOCCC(CO)C1CCCC1. The second-order valence-electron chi connectivity index (χ2n) is 4.39. The molecule has 0 bridgehead atoms. The number of aliphatic hydroxyl groups is 1. The molecule has 1 rings (SSSR count). The summed E-state index contributed by atoms with van der Waals surface area (Å²) in [5.74, 6) is 1.26. The Bertz CT molecular complexity index is 130. The second-order valence-corrected chi connectivity index (χ2v) is 4.39. The molecule has 1 fully saturated rings. The summed E-state index contributed by atoms with van der Waals surface area (Å²) in [5, 5.41) is 9.29. The molecule has 0 aromatic rings. The summed E-state index contributed by atoms with van der Waals surface area (Å²) in [6, 6.07) is 0. The first kappa shape index (κ1) is 12.0. The zero-order valence-corrected chi connectivity index (χ0v) is 9.37. The van der Waals surface area contributed by atoms with Gasteiger partial charge in [0, 0.05) is 19.8 Å². The van der Waals surface area contributed by atoms with Crippen molar-refractivity contribution in [1.82, 2.24) is 0 Å². The Kier molecular flexibility index (Phi) is 6.20. The fraction of sp³-hybridized carbons (Fsp3) is 1.00. The van der Waals surface area contributed by atoms with Crippen molar-refractivity contribution in [2.75, 3.05) is 19.8 Å². The minimum atomic E-state index is 0.347. The first-order chi connectivity index (χ1) is 6.88. The Morgan fingerprint density at radius 2 is 2.00 bits per heavy atom. The third-order valence-electron chi connectivity index (χ3n) is 3.28. The van der Waals surface area contributed by atoms with Crippen LogP contribution in [0.2, 0.25) is 0 Å². The molecule has 0 heterocycles. The molecule has 1 saturated carbocycles. The van der Waals surface area contributed by atoms with E-state index in [0.717, 1.165) is 32.0 Å². The summed E-state index contributed by atoms with van der Waals surface area (Å²) in [6.45, 7) is 4.17. The summed E-state index contributed by atoms with van der Waals surface area (Å²) in [4.78, 5) is 0. The minimum absolute atomic E-state index is 0.347. The van der Waals surface area contributed by atoms with E-state index in [9.17, 15) is 5.11 Å². The lowest BCUT2D eigenvalue weighted by Crippen LogP contribution is -2.18. The molecule has 1 aliphatic carbocycles. The first-order valence-electron chi connectivity index (χ1n) is 6.07. The standard InChI is InChI=1S/C12H24O2/c1-2-8-14-9-7-12(10-13)11-5-3-4-6-11/h11-13H,2-10H2,1H3. The molecule has 2 nitrogen and oxygen atoms in total. The van der Waals surface area contributed by atoms with Crippen LogP contribution in [0.1, 0.15) is 45.4 Å². The molecule has 84 valence electrons. The molecule has 0 aliphatic heterocycles. The van der Waals surface area contributed by atoms with Gasteiger partial charge in [0.2, 0.25) is 0 Å². The van der Waals surface area contributed by atoms with Gasteiger partial charge in [-0.3, -0.25) is 0 Å². The lowest BCUT2D eigenvalue weighted by molar-refractivity contribution is 0.0891. The molecule has 1 atom stereocenters. The van der Waals surface area contributed by atoms with E-state index in [2.05, 4.69) is 6.92 Å².